The second-order valence-electron chi connectivity index (χ2n) is 10.9. The van der Waals surface area contributed by atoms with Gasteiger partial charge in [0.05, 0.1) is 5.41 Å². The fourth-order valence-electron chi connectivity index (χ4n) is 7.19. The van der Waals surface area contributed by atoms with Gasteiger partial charge >= 0.3 is 0 Å². The number of hydrogen-bond acceptors (Lipinski definition) is 1. The Bertz CT molecular complexity index is 756. The smallest absolute Gasteiger partial charge is 0.143 e. The highest BCUT2D eigenvalue weighted by Crippen LogP contribution is 2.69. The Labute approximate surface area is 172 Å². The van der Waals surface area contributed by atoms with E-state index in [2.05, 4.69) is 71.0 Å². The molecule has 0 aliphatic heterocycles. The van der Waals surface area contributed by atoms with Crippen molar-refractivity contribution in [3.8, 4) is 0 Å². The molecule has 0 heterocycles. The summed E-state index contributed by atoms with van der Waals surface area (Å²) < 4.78 is 0. The van der Waals surface area contributed by atoms with Crippen molar-refractivity contribution in [1.82, 2.24) is 0 Å². The first-order chi connectivity index (χ1) is 13.3. The number of hydrogen-bond donors (Lipinski definition) is 0. The molecule has 1 nitrogen and oxygen atoms in total. The minimum absolute atomic E-state index is 0.0902. The van der Waals surface area contributed by atoms with Crippen molar-refractivity contribution < 1.29 is 4.79 Å². The Morgan fingerprint density at radius 1 is 1.11 bits per heavy atom. The van der Waals surface area contributed by atoms with Gasteiger partial charge in [-0.1, -0.05) is 83.0 Å². The molecule has 0 N–H and O–H groups in total. The Kier molecular flexibility index (Phi) is 5.09. The number of rotatable bonds is 4. The highest BCUT2D eigenvalue weighted by atomic mass is 16.1. The van der Waals surface area contributed by atoms with E-state index in [1.165, 1.54) is 36.8 Å². The first-order valence-corrected chi connectivity index (χ1v) is 11.6. The Hall–Kier alpha value is -1.37. The van der Waals surface area contributed by atoms with Gasteiger partial charge < -0.3 is 0 Å². The predicted molar refractivity (Wildman–Crippen MR) is 118 cm³/mol. The van der Waals surface area contributed by atoms with Crippen molar-refractivity contribution in [2.75, 3.05) is 0 Å². The van der Waals surface area contributed by atoms with Gasteiger partial charge in [0.1, 0.15) is 5.78 Å². The van der Waals surface area contributed by atoms with E-state index < -0.39 is 0 Å². The second kappa shape index (κ2) is 7.15. The summed E-state index contributed by atoms with van der Waals surface area (Å²) in [6.45, 7) is 12.0. The third-order valence-corrected chi connectivity index (χ3v) is 8.93. The summed E-state index contributed by atoms with van der Waals surface area (Å²) in [7, 11) is 0. The molecule has 3 aliphatic carbocycles. The molecule has 0 amide bonds. The number of Topliss-reactive ketones (excluding diaryl/α,β-unsaturated/α-hetero) is 1. The number of carbonyl (C=O) groups is 1. The SMILES string of the molecule is CC1CCC(C(C)C)C(C(=Cc2ccccc2)C23CCC(CC2=O)C3(C)C)C1. The van der Waals surface area contributed by atoms with Crippen LogP contribution < -0.4 is 0 Å². The Balaban J connectivity index is 1.88. The molecule has 3 fully saturated rings. The average molecular weight is 379 g/mol. The molecule has 3 saturated carbocycles. The maximum absolute atomic E-state index is 13.6. The number of ketones is 1. The minimum atomic E-state index is -0.234. The monoisotopic (exact) mass is 378 g/mol. The maximum atomic E-state index is 13.6. The van der Waals surface area contributed by atoms with Crippen LogP contribution in [-0.2, 0) is 4.79 Å². The van der Waals surface area contributed by atoms with Gasteiger partial charge in [-0.05, 0) is 66.3 Å². The third-order valence-electron chi connectivity index (χ3n) is 8.93. The molecule has 28 heavy (non-hydrogen) atoms. The van der Waals surface area contributed by atoms with E-state index in [-0.39, 0.29) is 10.8 Å². The fraction of sp³-hybridized carbons (Fsp3) is 0.667. The van der Waals surface area contributed by atoms with Crippen LogP contribution in [0.2, 0.25) is 0 Å². The topological polar surface area (TPSA) is 17.1 Å². The molecule has 4 rings (SSSR count). The van der Waals surface area contributed by atoms with Crippen LogP contribution >= 0.6 is 0 Å². The molecule has 152 valence electrons. The van der Waals surface area contributed by atoms with Crippen LogP contribution in [0, 0.1) is 40.4 Å². The molecular formula is C27H38O. The molecule has 0 saturated heterocycles. The highest BCUT2D eigenvalue weighted by molar-refractivity contribution is 5.94. The summed E-state index contributed by atoms with van der Waals surface area (Å²) in [5.74, 6) is 3.78. The molecule has 1 aromatic rings. The van der Waals surface area contributed by atoms with Gasteiger partial charge in [-0.3, -0.25) is 4.79 Å². The van der Waals surface area contributed by atoms with Crippen molar-refractivity contribution in [2.24, 2.45) is 40.4 Å². The average Bonchev–Trinajstić information content (AvgIpc) is 3.02. The highest BCUT2D eigenvalue weighted by Gasteiger charge is 2.66. The number of benzene rings is 1. The molecular weight excluding hydrogens is 340 g/mol. The predicted octanol–water partition coefficient (Wildman–Crippen LogP) is 7.17. The van der Waals surface area contributed by atoms with Gasteiger partial charge in [0.25, 0.3) is 0 Å². The molecule has 1 aromatic carbocycles. The molecule has 1 heteroatoms. The Morgan fingerprint density at radius 3 is 2.39 bits per heavy atom. The van der Waals surface area contributed by atoms with Crippen LogP contribution in [-0.4, -0.2) is 5.78 Å². The van der Waals surface area contributed by atoms with Gasteiger partial charge in [0.2, 0.25) is 0 Å². The van der Waals surface area contributed by atoms with E-state index in [0.717, 1.165) is 18.8 Å². The second-order valence-corrected chi connectivity index (χ2v) is 10.9. The summed E-state index contributed by atoms with van der Waals surface area (Å²) >= 11 is 0. The van der Waals surface area contributed by atoms with E-state index in [4.69, 9.17) is 0 Å². The van der Waals surface area contributed by atoms with Crippen LogP contribution in [0.4, 0.5) is 0 Å². The summed E-state index contributed by atoms with van der Waals surface area (Å²) in [4.78, 5) is 13.6. The standard InChI is InChI=1S/C27H38O/c1-18(2)22-12-11-19(3)15-23(22)24(16-20-9-7-6-8-10-20)27-14-13-21(17-25(27)28)26(27,4)5/h6-10,16,18-19,21-23H,11-15,17H2,1-5H3. The zero-order chi connectivity index (χ0) is 20.1. The summed E-state index contributed by atoms with van der Waals surface area (Å²) in [5, 5.41) is 0. The molecule has 2 bridgehead atoms. The zero-order valence-electron chi connectivity index (χ0n) is 18.5. The summed E-state index contributed by atoms with van der Waals surface area (Å²) in [6, 6.07) is 10.8. The molecule has 5 atom stereocenters. The summed E-state index contributed by atoms with van der Waals surface area (Å²) in [6.07, 6.45) is 9.43. The van der Waals surface area contributed by atoms with E-state index in [1.807, 2.05) is 0 Å². The minimum Gasteiger partial charge on any atom is -0.299 e. The quantitative estimate of drug-likeness (QED) is 0.542. The molecule has 0 spiro atoms. The normalized spacial score (nSPS) is 37.6. The lowest BCUT2D eigenvalue weighted by Crippen LogP contribution is -2.43. The lowest BCUT2D eigenvalue weighted by atomic mass is 9.55. The van der Waals surface area contributed by atoms with E-state index in [1.54, 1.807) is 0 Å². The first-order valence-electron chi connectivity index (χ1n) is 11.6. The van der Waals surface area contributed by atoms with Crippen molar-refractivity contribution in [2.45, 2.75) is 73.1 Å². The van der Waals surface area contributed by atoms with Gasteiger partial charge in [-0.15, -0.1) is 0 Å². The van der Waals surface area contributed by atoms with Gasteiger partial charge in [0, 0.05) is 6.42 Å². The third kappa shape index (κ3) is 2.92. The zero-order valence-corrected chi connectivity index (χ0v) is 18.5. The van der Waals surface area contributed by atoms with Crippen LogP contribution in [0.1, 0.15) is 78.7 Å². The number of carbonyl (C=O) groups excluding carboxylic acids is 1. The van der Waals surface area contributed by atoms with E-state index in [9.17, 15) is 4.79 Å². The summed E-state index contributed by atoms with van der Waals surface area (Å²) in [5.41, 5.74) is 2.63. The number of fused-ring (bicyclic) bond motifs is 2. The molecule has 3 aliphatic rings. The Morgan fingerprint density at radius 2 is 1.82 bits per heavy atom. The van der Waals surface area contributed by atoms with Gasteiger partial charge in [-0.25, -0.2) is 0 Å². The van der Waals surface area contributed by atoms with Crippen molar-refractivity contribution in [3.63, 3.8) is 0 Å². The first kappa shape index (κ1) is 19.9. The molecule has 5 unspecified atom stereocenters. The van der Waals surface area contributed by atoms with Crippen LogP contribution in [0.3, 0.4) is 0 Å². The van der Waals surface area contributed by atoms with Gasteiger partial charge in [0.15, 0.2) is 0 Å². The van der Waals surface area contributed by atoms with Crippen LogP contribution in [0.25, 0.3) is 6.08 Å². The van der Waals surface area contributed by atoms with Crippen LogP contribution in [0.5, 0.6) is 0 Å². The number of allylic oxidation sites excluding steroid dienone is 1. The van der Waals surface area contributed by atoms with Crippen molar-refractivity contribution >= 4 is 11.9 Å². The van der Waals surface area contributed by atoms with Gasteiger partial charge in [-0.2, -0.15) is 0 Å². The van der Waals surface area contributed by atoms with Crippen molar-refractivity contribution in [3.05, 3.63) is 41.5 Å². The molecule has 0 aromatic heterocycles. The largest absolute Gasteiger partial charge is 0.299 e. The van der Waals surface area contributed by atoms with E-state index in [0.29, 0.717) is 29.5 Å². The maximum Gasteiger partial charge on any atom is 0.143 e. The van der Waals surface area contributed by atoms with Crippen molar-refractivity contribution in [1.29, 1.82) is 0 Å². The van der Waals surface area contributed by atoms with Crippen LogP contribution in [0.15, 0.2) is 35.9 Å². The lowest BCUT2D eigenvalue weighted by molar-refractivity contribution is -0.127. The fourth-order valence-corrected chi connectivity index (χ4v) is 7.19. The lowest BCUT2D eigenvalue weighted by Gasteiger charge is -2.47. The van der Waals surface area contributed by atoms with E-state index >= 15 is 0 Å². The molecule has 0 radical (unpaired) electrons.